The number of hydrogen-bond acceptors (Lipinski definition) is 5. The molecule has 1 aromatic carbocycles. The number of tetrazole rings is 1. The molecule has 26 heavy (non-hydrogen) atoms. The molecule has 9 heteroatoms. The number of rotatable bonds is 6. The van der Waals surface area contributed by atoms with Crippen molar-refractivity contribution < 1.29 is 9.21 Å². The van der Waals surface area contributed by atoms with E-state index < -0.39 is 5.91 Å². The molecule has 0 aliphatic heterocycles. The highest BCUT2D eigenvalue weighted by molar-refractivity contribution is 6.36. The molecule has 0 unspecified atom stereocenters. The first-order valence-electron chi connectivity index (χ1n) is 7.48. The van der Waals surface area contributed by atoms with Crippen LogP contribution in [0.2, 0.25) is 10.0 Å². The number of hydrogen-bond donors (Lipinski definition) is 1. The summed E-state index contributed by atoms with van der Waals surface area (Å²) in [5.74, 6) is 0.755. The van der Waals surface area contributed by atoms with Gasteiger partial charge in [0.2, 0.25) is 0 Å². The van der Waals surface area contributed by atoms with Gasteiger partial charge in [-0.25, -0.2) is 0 Å². The topological polar surface area (TPSA) is 85.8 Å². The van der Waals surface area contributed by atoms with E-state index >= 15 is 0 Å². The highest BCUT2D eigenvalue weighted by Crippen LogP contribution is 2.31. The molecule has 0 saturated heterocycles. The summed E-state index contributed by atoms with van der Waals surface area (Å²) in [4.78, 5) is 13.2. The van der Waals surface area contributed by atoms with Gasteiger partial charge in [0, 0.05) is 16.7 Å². The molecule has 1 N–H and O–H groups in total. The van der Waals surface area contributed by atoms with Crippen LogP contribution >= 0.6 is 23.2 Å². The van der Waals surface area contributed by atoms with Gasteiger partial charge in [0.25, 0.3) is 11.9 Å². The molecule has 3 aromatic rings. The Hall–Kier alpha value is -2.90. The van der Waals surface area contributed by atoms with Crippen LogP contribution in [0, 0.1) is 0 Å². The van der Waals surface area contributed by atoms with E-state index in [2.05, 4.69) is 27.3 Å². The van der Waals surface area contributed by atoms with Crippen molar-refractivity contribution in [2.24, 2.45) is 0 Å². The Labute approximate surface area is 158 Å². The molecule has 0 fully saturated rings. The summed E-state index contributed by atoms with van der Waals surface area (Å²) >= 11 is 12.0. The molecule has 1 amide bonds. The van der Waals surface area contributed by atoms with Gasteiger partial charge in [-0.3, -0.25) is 10.1 Å². The smallest absolute Gasteiger partial charge is 0.270 e. The van der Waals surface area contributed by atoms with Gasteiger partial charge in [0.1, 0.15) is 11.5 Å². The molecule has 0 atom stereocenters. The SMILES string of the molecule is C=CCn1nnc(NC(=O)C=Cc2ccc(-c3ccc(Cl)cc3Cl)o2)n1. The average Bonchev–Trinajstić information content (AvgIpc) is 3.23. The lowest BCUT2D eigenvalue weighted by atomic mass is 10.2. The van der Waals surface area contributed by atoms with Gasteiger partial charge < -0.3 is 4.42 Å². The third-order valence-corrected chi connectivity index (χ3v) is 3.75. The molecule has 7 nitrogen and oxygen atoms in total. The van der Waals surface area contributed by atoms with Gasteiger partial charge in [-0.1, -0.05) is 34.4 Å². The van der Waals surface area contributed by atoms with Crippen molar-refractivity contribution in [2.75, 3.05) is 5.32 Å². The molecule has 132 valence electrons. The normalized spacial score (nSPS) is 11.0. The van der Waals surface area contributed by atoms with Crippen molar-refractivity contribution >= 4 is 41.1 Å². The summed E-state index contributed by atoms with van der Waals surface area (Å²) in [7, 11) is 0. The molecule has 0 bridgehead atoms. The number of aromatic nitrogens is 4. The van der Waals surface area contributed by atoms with E-state index in [1.54, 1.807) is 36.4 Å². The van der Waals surface area contributed by atoms with Crippen LogP contribution in [0.5, 0.6) is 0 Å². The average molecular weight is 390 g/mol. The molecule has 3 rings (SSSR count). The Morgan fingerprint density at radius 1 is 1.31 bits per heavy atom. The zero-order valence-corrected chi connectivity index (χ0v) is 14.9. The zero-order valence-electron chi connectivity index (χ0n) is 13.4. The molecule has 2 aromatic heterocycles. The Bertz CT molecular complexity index is 977. The second-order valence-electron chi connectivity index (χ2n) is 5.11. The largest absolute Gasteiger partial charge is 0.457 e. The van der Waals surface area contributed by atoms with Gasteiger partial charge >= 0.3 is 0 Å². The maximum atomic E-state index is 11.9. The first kappa shape index (κ1) is 17.9. The van der Waals surface area contributed by atoms with Crippen LogP contribution in [-0.4, -0.2) is 26.1 Å². The van der Waals surface area contributed by atoms with E-state index in [-0.39, 0.29) is 5.95 Å². The number of nitrogens with zero attached hydrogens (tertiary/aromatic N) is 4. The number of furan rings is 1. The van der Waals surface area contributed by atoms with Gasteiger partial charge in [0.05, 0.1) is 11.6 Å². The van der Waals surface area contributed by atoms with E-state index in [4.69, 9.17) is 27.6 Å². The number of amides is 1. The van der Waals surface area contributed by atoms with Crippen LogP contribution in [-0.2, 0) is 11.3 Å². The monoisotopic (exact) mass is 389 g/mol. The summed E-state index contributed by atoms with van der Waals surface area (Å²) in [6, 6.07) is 8.61. The Morgan fingerprint density at radius 3 is 2.92 bits per heavy atom. The zero-order chi connectivity index (χ0) is 18.5. The third kappa shape index (κ3) is 4.38. The first-order valence-corrected chi connectivity index (χ1v) is 8.24. The summed E-state index contributed by atoms with van der Waals surface area (Å²) < 4.78 is 5.67. The predicted octanol–water partition coefficient (Wildman–Crippen LogP) is 4.08. The minimum atomic E-state index is -0.411. The van der Waals surface area contributed by atoms with E-state index in [9.17, 15) is 4.79 Å². The van der Waals surface area contributed by atoms with E-state index in [1.165, 1.54) is 16.9 Å². The number of carbonyl (C=O) groups excluding carboxylic acids is 1. The molecule has 0 saturated carbocycles. The Morgan fingerprint density at radius 2 is 2.15 bits per heavy atom. The van der Waals surface area contributed by atoms with E-state index in [0.717, 1.165) is 0 Å². The second kappa shape index (κ2) is 7.99. The fraction of sp³-hybridized carbons (Fsp3) is 0.0588. The fourth-order valence-electron chi connectivity index (χ4n) is 2.07. The van der Waals surface area contributed by atoms with Crippen LogP contribution in [0.3, 0.4) is 0 Å². The number of allylic oxidation sites excluding steroid dienone is 1. The number of carbonyl (C=O) groups is 1. The van der Waals surface area contributed by atoms with Crippen molar-refractivity contribution in [3.8, 4) is 11.3 Å². The first-order chi connectivity index (χ1) is 12.5. The van der Waals surface area contributed by atoms with Crippen LogP contribution < -0.4 is 5.32 Å². The van der Waals surface area contributed by atoms with Crippen LogP contribution in [0.15, 0.2) is 53.5 Å². The molecule has 0 radical (unpaired) electrons. The second-order valence-corrected chi connectivity index (χ2v) is 5.95. The van der Waals surface area contributed by atoms with Gasteiger partial charge in [-0.15, -0.1) is 11.7 Å². The molecule has 0 aliphatic rings. The van der Waals surface area contributed by atoms with Crippen molar-refractivity contribution in [1.82, 2.24) is 20.2 Å². The summed E-state index contributed by atoms with van der Waals surface area (Å²) in [5, 5.41) is 15.0. The van der Waals surface area contributed by atoms with Crippen molar-refractivity contribution in [3.63, 3.8) is 0 Å². The highest BCUT2D eigenvalue weighted by atomic mass is 35.5. The summed E-state index contributed by atoms with van der Waals surface area (Å²) in [5.41, 5.74) is 0.711. The maximum Gasteiger partial charge on any atom is 0.270 e. The Balaban J connectivity index is 1.66. The minimum Gasteiger partial charge on any atom is -0.457 e. The minimum absolute atomic E-state index is 0.106. The maximum absolute atomic E-state index is 11.9. The number of anilines is 1. The van der Waals surface area contributed by atoms with Crippen LogP contribution in [0.1, 0.15) is 5.76 Å². The van der Waals surface area contributed by atoms with Gasteiger partial charge in [0.15, 0.2) is 0 Å². The number of benzene rings is 1. The summed E-state index contributed by atoms with van der Waals surface area (Å²) in [6.45, 7) is 3.97. The highest BCUT2D eigenvalue weighted by Gasteiger charge is 2.09. The molecular formula is C17H13Cl2N5O2. The number of halogens is 2. The van der Waals surface area contributed by atoms with E-state index in [0.29, 0.717) is 33.7 Å². The van der Waals surface area contributed by atoms with Crippen molar-refractivity contribution in [3.05, 3.63) is 64.9 Å². The lowest BCUT2D eigenvalue weighted by molar-refractivity contribution is -0.111. The third-order valence-electron chi connectivity index (χ3n) is 3.20. The van der Waals surface area contributed by atoms with Crippen molar-refractivity contribution in [2.45, 2.75) is 6.54 Å². The molecule has 0 spiro atoms. The molecular weight excluding hydrogens is 377 g/mol. The quantitative estimate of drug-likeness (QED) is 0.506. The van der Waals surface area contributed by atoms with Crippen LogP contribution in [0.4, 0.5) is 5.95 Å². The van der Waals surface area contributed by atoms with E-state index in [1.807, 2.05) is 0 Å². The number of nitrogens with one attached hydrogen (secondary N) is 1. The predicted molar refractivity (Wildman–Crippen MR) is 99.8 cm³/mol. The lowest BCUT2D eigenvalue weighted by Crippen LogP contribution is -2.09. The lowest BCUT2D eigenvalue weighted by Gasteiger charge is -2.00. The van der Waals surface area contributed by atoms with Crippen molar-refractivity contribution in [1.29, 1.82) is 0 Å². The van der Waals surface area contributed by atoms with Gasteiger partial charge in [-0.05, 0) is 41.6 Å². The van der Waals surface area contributed by atoms with Crippen LogP contribution in [0.25, 0.3) is 17.4 Å². The molecule has 0 aliphatic carbocycles. The molecule has 2 heterocycles. The Kier molecular flexibility index (Phi) is 5.50. The summed E-state index contributed by atoms with van der Waals surface area (Å²) in [6.07, 6.45) is 4.45. The van der Waals surface area contributed by atoms with Gasteiger partial charge in [-0.2, -0.15) is 4.80 Å². The fourth-order valence-corrected chi connectivity index (χ4v) is 2.57. The standard InChI is InChI=1S/C17H13Cl2N5O2/c1-2-9-24-22-17(21-23-24)20-16(25)8-5-12-4-7-15(26-12)13-6-3-11(18)10-14(13)19/h2-8,10H,1,9H2,(H,20,22,25).